The Morgan fingerprint density at radius 2 is 2.08 bits per heavy atom. The fourth-order valence-corrected chi connectivity index (χ4v) is 1.66. The molecule has 0 spiro atoms. The normalized spacial score (nSPS) is 18.8. The Bertz CT molecular complexity index is 119. The molecule has 1 aliphatic rings. The first-order chi connectivity index (χ1) is 5.74. The van der Waals surface area contributed by atoms with E-state index in [0.29, 0.717) is 6.04 Å². The molecular weight excluding hydrogens is 148 g/mol. The van der Waals surface area contributed by atoms with E-state index < -0.39 is 0 Å². The molecule has 0 unspecified atom stereocenters. The number of hydrogen-bond acceptors (Lipinski definition) is 2. The van der Waals surface area contributed by atoms with Gasteiger partial charge in [0.1, 0.15) is 0 Å². The van der Waals surface area contributed by atoms with E-state index in [1.54, 1.807) is 0 Å². The van der Waals surface area contributed by atoms with Gasteiger partial charge in [-0.1, -0.05) is 6.92 Å². The molecule has 2 nitrogen and oxygen atoms in total. The lowest BCUT2D eigenvalue weighted by atomic mass is 10.0. The summed E-state index contributed by atoms with van der Waals surface area (Å²) in [5.41, 5.74) is 0. The number of nitrogens with zero attached hydrogens (tertiary/aromatic N) is 1. The largest absolute Gasteiger partial charge is 0.316 e. The maximum Gasteiger partial charge on any atom is 0.00387 e. The smallest absolute Gasteiger partial charge is 0.00387 e. The average molecular weight is 170 g/mol. The van der Waals surface area contributed by atoms with Gasteiger partial charge in [-0.25, -0.2) is 0 Å². The molecular formula is C10H22N2. The van der Waals surface area contributed by atoms with Crippen LogP contribution in [0, 0.1) is 5.92 Å². The first-order valence-electron chi connectivity index (χ1n) is 5.18. The van der Waals surface area contributed by atoms with Crippen LogP contribution in [0.2, 0.25) is 0 Å². The lowest BCUT2D eigenvalue weighted by molar-refractivity contribution is 0.159. The number of rotatable bonds is 5. The van der Waals surface area contributed by atoms with Crippen LogP contribution in [0.25, 0.3) is 0 Å². The van der Waals surface area contributed by atoms with E-state index in [0.717, 1.165) is 5.92 Å². The molecule has 1 N–H and O–H groups in total. The second kappa shape index (κ2) is 4.83. The van der Waals surface area contributed by atoms with Gasteiger partial charge in [0, 0.05) is 25.7 Å². The highest BCUT2D eigenvalue weighted by atomic mass is 15.2. The molecule has 0 saturated carbocycles. The Hall–Kier alpha value is -0.0800. The Kier molecular flexibility index (Phi) is 4.02. The first kappa shape index (κ1) is 10.0. The molecule has 1 heterocycles. The van der Waals surface area contributed by atoms with Crippen LogP contribution in [-0.4, -0.2) is 37.1 Å². The average Bonchev–Trinajstić information content (AvgIpc) is 1.93. The highest BCUT2D eigenvalue weighted by molar-refractivity contribution is 4.79. The van der Waals surface area contributed by atoms with E-state index in [1.165, 1.54) is 32.6 Å². The van der Waals surface area contributed by atoms with Crippen molar-refractivity contribution in [2.45, 2.75) is 33.2 Å². The van der Waals surface area contributed by atoms with Gasteiger partial charge in [0.15, 0.2) is 0 Å². The van der Waals surface area contributed by atoms with Crippen molar-refractivity contribution in [2.75, 3.05) is 26.2 Å². The van der Waals surface area contributed by atoms with Gasteiger partial charge < -0.3 is 10.2 Å². The second-order valence-electron chi connectivity index (χ2n) is 4.11. The zero-order chi connectivity index (χ0) is 8.97. The Balaban J connectivity index is 2.21. The summed E-state index contributed by atoms with van der Waals surface area (Å²) < 4.78 is 0. The minimum absolute atomic E-state index is 0.713. The maximum absolute atomic E-state index is 3.32. The lowest BCUT2D eigenvalue weighted by Crippen LogP contribution is -2.49. The topological polar surface area (TPSA) is 15.3 Å². The molecule has 1 rings (SSSR count). The van der Waals surface area contributed by atoms with Gasteiger partial charge in [-0.05, 0) is 32.7 Å². The van der Waals surface area contributed by atoms with Crippen LogP contribution in [-0.2, 0) is 0 Å². The quantitative estimate of drug-likeness (QED) is 0.669. The third-order valence-electron chi connectivity index (χ3n) is 2.60. The van der Waals surface area contributed by atoms with Gasteiger partial charge in [-0.15, -0.1) is 0 Å². The second-order valence-corrected chi connectivity index (χ2v) is 4.11. The molecule has 2 heteroatoms. The zero-order valence-corrected chi connectivity index (χ0v) is 8.64. The summed E-state index contributed by atoms with van der Waals surface area (Å²) in [6, 6.07) is 0.713. The van der Waals surface area contributed by atoms with Crippen LogP contribution in [0.1, 0.15) is 27.2 Å². The van der Waals surface area contributed by atoms with Crippen molar-refractivity contribution in [1.29, 1.82) is 0 Å². The molecule has 0 aliphatic carbocycles. The van der Waals surface area contributed by atoms with Gasteiger partial charge in [0.2, 0.25) is 0 Å². The van der Waals surface area contributed by atoms with Crippen LogP contribution < -0.4 is 5.32 Å². The number of hydrogen-bond donors (Lipinski definition) is 1. The van der Waals surface area contributed by atoms with Crippen molar-refractivity contribution in [3.8, 4) is 0 Å². The fraction of sp³-hybridized carbons (Fsp3) is 1.00. The predicted octanol–water partition coefficient (Wildman–Crippen LogP) is 1.33. The van der Waals surface area contributed by atoms with E-state index in [1.807, 2.05) is 0 Å². The van der Waals surface area contributed by atoms with E-state index in [9.17, 15) is 0 Å². The maximum atomic E-state index is 3.32. The van der Waals surface area contributed by atoms with Crippen molar-refractivity contribution in [3.63, 3.8) is 0 Å². The number of nitrogens with one attached hydrogen (secondary N) is 1. The van der Waals surface area contributed by atoms with Gasteiger partial charge in [-0.3, -0.25) is 0 Å². The van der Waals surface area contributed by atoms with Crippen molar-refractivity contribution < 1.29 is 0 Å². The lowest BCUT2D eigenvalue weighted by Gasteiger charge is -2.35. The van der Waals surface area contributed by atoms with Crippen LogP contribution in [0.3, 0.4) is 0 Å². The molecule has 0 aromatic rings. The van der Waals surface area contributed by atoms with E-state index in [2.05, 4.69) is 31.0 Å². The molecule has 1 fully saturated rings. The fourth-order valence-electron chi connectivity index (χ4n) is 1.66. The van der Waals surface area contributed by atoms with Crippen LogP contribution in [0.5, 0.6) is 0 Å². The van der Waals surface area contributed by atoms with Gasteiger partial charge in [-0.2, -0.15) is 0 Å². The minimum Gasteiger partial charge on any atom is -0.316 e. The monoisotopic (exact) mass is 170 g/mol. The van der Waals surface area contributed by atoms with Crippen LogP contribution >= 0.6 is 0 Å². The molecule has 0 aromatic heterocycles. The first-order valence-corrected chi connectivity index (χ1v) is 5.18. The summed E-state index contributed by atoms with van der Waals surface area (Å²) in [6.45, 7) is 11.9. The highest BCUT2D eigenvalue weighted by Crippen LogP contribution is 2.09. The molecule has 0 amide bonds. The Labute approximate surface area is 76.3 Å². The Morgan fingerprint density at radius 1 is 1.42 bits per heavy atom. The van der Waals surface area contributed by atoms with E-state index >= 15 is 0 Å². The van der Waals surface area contributed by atoms with Crippen LogP contribution in [0.15, 0.2) is 0 Å². The SMILES string of the molecule is CCCN(CC1CNC1)C(C)C. The van der Waals surface area contributed by atoms with Crippen molar-refractivity contribution in [2.24, 2.45) is 5.92 Å². The molecule has 0 bridgehead atoms. The minimum atomic E-state index is 0.713. The summed E-state index contributed by atoms with van der Waals surface area (Å²) in [5, 5.41) is 3.32. The molecule has 1 saturated heterocycles. The third-order valence-corrected chi connectivity index (χ3v) is 2.60. The summed E-state index contributed by atoms with van der Waals surface area (Å²) in [5.74, 6) is 0.916. The van der Waals surface area contributed by atoms with E-state index in [4.69, 9.17) is 0 Å². The van der Waals surface area contributed by atoms with E-state index in [-0.39, 0.29) is 0 Å². The third kappa shape index (κ3) is 2.76. The molecule has 72 valence electrons. The van der Waals surface area contributed by atoms with Gasteiger partial charge >= 0.3 is 0 Å². The van der Waals surface area contributed by atoms with Gasteiger partial charge in [0.05, 0.1) is 0 Å². The summed E-state index contributed by atoms with van der Waals surface area (Å²) >= 11 is 0. The van der Waals surface area contributed by atoms with Crippen molar-refractivity contribution in [1.82, 2.24) is 10.2 Å². The molecule has 0 radical (unpaired) electrons. The summed E-state index contributed by atoms with van der Waals surface area (Å²) in [6.07, 6.45) is 1.28. The molecule has 0 atom stereocenters. The molecule has 0 aromatic carbocycles. The molecule has 1 aliphatic heterocycles. The summed E-state index contributed by atoms with van der Waals surface area (Å²) in [7, 11) is 0. The standard InChI is InChI=1S/C10H22N2/c1-4-5-12(9(2)3)8-10-6-11-7-10/h9-11H,4-8H2,1-3H3. The predicted molar refractivity (Wildman–Crippen MR) is 53.4 cm³/mol. The van der Waals surface area contributed by atoms with Gasteiger partial charge in [0.25, 0.3) is 0 Å². The van der Waals surface area contributed by atoms with Crippen LogP contribution in [0.4, 0.5) is 0 Å². The van der Waals surface area contributed by atoms with Crippen molar-refractivity contribution >= 4 is 0 Å². The summed E-state index contributed by atoms with van der Waals surface area (Å²) in [4.78, 5) is 2.59. The Morgan fingerprint density at radius 3 is 2.42 bits per heavy atom. The van der Waals surface area contributed by atoms with Crippen molar-refractivity contribution in [3.05, 3.63) is 0 Å². The molecule has 12 heavy (non-hydrogen) atoms. The zero-order valence-electron chi connectivity index (χ0n) is 8.64. The highest BCUT2D eigenvalue weighted by Gasteiger charge is 2.20.